The minimum Gasteiger partial charge on any atom is -0.406 e. The van der Waals surface area contributed by atoms with Crippen molar-refractivity contribution in [3.63, 3.8) is 0 Å². The van der Waals surface area contributed by atoms with Crippen LogP contribution in [0.3, 0.4) is 0 Å². The third-order valence-electron chi connectivity index (χ3n) is 4.43. The summed E-state index contributed by atoms with van der Waals surface area (Å²) < 4.78 is 66.6. The second kappa shape index (κ2) is 8.95. The maximum Gasteiger partial charge on any atom is 0.573 e. The number of carbonyl (C=O) groups excluding carboxylic acids is 1. The van der Waals surface area contributed by atoms with Gasteiger partial charge in [0.1, 0.15) is 11.8 Å². The van der Waals surface area contributed by atoms with Crippen LogP contribution in [0, 0.1) is 13.8 Å². The van der Waals surface area contributed by atoms with E-state index in [1.54, 1.807) is 25.1 Å². The number of hydrogen-bond acceptors (Lipinski definition) is 4. The molecule has 0 aliphatic heterocycles. The van der Waals surface area contributed by atoms with Gasteiger partial charge in [0.2, 0.25) is 15.9 Å². The van der Waals surface area contributed by atoms with Crippen molar-refractivity contribution in [1.82, 2.24) is 0 Å². The number of sulfonamides is 1. The van der Waals surface area contributed by atoms with E-state index in [2.05, 4.69) is 10.1 Å². The van der Waals surface area contributed by atoms with Crippen LogP contribution in [-0.4, -0.2) is 33.0 Å². The van der Waals surface area contributed by atoms with E-state index >= 15 is 0 Å². The molecule has 0 fully saturated rings. The fourth-order valence-electron chi connectivity index (χ4n) is 2.89. The molecule has 1 amide bonds. The minimum absolute atomic E-state index is 0.182. The van der Waals surface area contributed by atoms with Gasteiger partial charge in [0.15, 0.2) is 0 Å². The molecular formula is C20H23F3N2O4S. The Bertz CT molecular complexity index is 1010. The normalized spacial score (nSPS) is 12.9. The quantitative estimate of drug-likeness (QED) is 0.688. The molecule has 2 rings (SSSR count). The van der Waals surface area contributed by atoms with E-state index in [-0.39, 0.29) is 12.1 Å². The van der Waals surface area contributed by atoms with Crippen molar-refractivity contribution in [2.75, 3.05) is 15.9 Å². The van der Waals surface area contributed by atoms with Gasteiger partial charge in [-0.2, -0.15) is 0 Å². The van der Waals surface area contributed by atoms with Crippen molar-refractivity contribution in [3.05, 3.63) is 53.6 Å². The highest BCUT2D eigenvalue weighted by atomic mass is 32.2. The van der Waals surface area contributed by atoms with E-state index in [9.17, 15) is 26.4 Å². The first-order valence-electron chi connectivity index (χ1n) is 9.05. The van der Waals surface area contributed by atoms with Gasteiger partial charge in [-0.1, -0.05) is 13.0 Å². The number of halogens is 3. The standard InChI is InChI=1S/C20H23F3N2O4S/c1-5-18(25(30(4,27)28)16-9-6-13(2)14(3)12-16)19(26)24-15-7-10-17(11-8-15)29-20(21,22)23/h6-12,18H,5H2,1-4H3,(H,24,26)/t18-/m1/s1. The van der Waals surface area contributed by atoms with E-state index in [1.807, 2.05) is 13.8 Å². The fraction of sp³-hybridized carbons (Fsp3) is 0.350. The highest BCUT2D eigenvalue weighted by molar-refractivity contribution is 7.92. The number of anilines is 2. The Morgan fingerprint density at radius 3 is 2.17 bits per heavy atom. The summed E-state index contributed by atoms with van der Waals surface area (Å²) in [6, 6.07) is 8.64. The lowest BCUT2D eigenvalue weighted by Crippen LogP contribution is -2.47. The third-order valence-corrected chi connectivity index (χ3v) is 5.61. The highest BCUT2D eigenvalue weighted by Crippen LogP contribution is 2.27. The number of alkyl halides is 3. The highest BCUT2D eigenvalue weighted by Gasteiger charge is 2.32. The molecule has 2 aromatic carbocycles. The Labute approximate surface area is 173 Å². The van der Waals surface area contributed by atoms with Gasteiger partial charge in [-0.3, -0.25) is 9.10 Å². The van der Waals surface area contributed by atoms with E-state index in [0.29, 0.717) is 5.69 Å². The average molecular weight is 444 g/mol. The van der Waals surface area contributed by atoms with Gasteiger partial charge in [-0.25, -0.2) is 8.42 Å². The van der Waals surface area contributed by atoms with Crippen LogP contribution in [0.15, 0.2) is 42.5 Å². The zero-order valence-electron chi connectivity index (χ0n) is 16.9. The molecule has 1 N–H and O–H groups in total. The molecule has 6 nitrogen and oxygen atoms in total. The van der Waals surface area contributed by atoms with Gasteiger partial charge in [0.05, 0.1) is 11.9 Å². The van der Waals surface area contributed by atoms with Crippen LogP contribution in [-0.2, 0) is 14.8 Å². The predicted molar refractivity (Wildman–Crippen MR) is 109 cm³/mol. The molecule has 0 radical (unpaired) electrons. The summed E-state index contributed by atoms with van der Waals surface area (Å²) >= 11 is 0. The van der Waals surface area contributed by atoms with Crippen molar-refractivity contribution < 1.29 is 31.1 Å². The number of carbonyl (C=O) groups is 1. The summed E-state index contributed by atoms with van der Waals surface area (Å²) in [5.41, 5.74) is 2.42. The van der Waals surface area contributed by atoms with Gasteiger partial charge < -0.3 is 10.1 Å². The molecule has 0 bridgehead atoms. The van der Waals surface area contributed by atoms with Crippen LogP contribution in [0.4, 0.5) is 24.5 Å². The lowest BCUT2D eigenvalue weighted by Gasteiger charge is -2.30. The van der Waals surface area contributed by atoms with Crippen LogP contribution in [0.25, 0.3) is 0 Å². The number of benzene rings is 2. The average Bonchev–Trinajstić information content (AvgIpc) is 2.61. The molecule has 10 heteroatoms. The van der Waals surface area contributed by atoms with Crippen LogP contribution in [0.1, 0.15) is 24.5 Å². The first-order valence-corrected chi connectivity index (χ1v) is 10.9. The van der Waals surface area contributed by atoms with Crippen molar-refractivity contribution in [3.8, 4) is 5.75 Å². The number of hydrogen-bond donors (Lipinski definition) is 1. The van der Waals surface area contributed by atoms with Gasteiger partial charge >= 0.3 is 6.36 Å². The molecule has 0 aliphatic carbocycles. The smallest absolute Gasteiger partial charge is 0.406 e. The summed E-state index contributed by atoms with van der Waals surface area (Å²) in [4.78, 5) is 12.8. The Hall–Kier alpha value is -2.75. The Kier molecular flexibility index (Phi) is 7.02. The largest absolute Gasteiger partial charge is 0.573 e. The van der Waals surface area contributed by atoms with E-state index in [1.165, 1.54) is 12.1 Å². The van der Waals surface area contributed by atoms with Gasteiger partial charge in [-0.15, -0.1) is 13.2 Å². The van der Waals surface area contributed by atoms with Crippen molar-refractivity contribution in [1.29, 1.82) is 0 Å². The molecule has 0 aliphatic rings. The number of nitrogens with one attached hydrogen (secondary N) is 1. The van der Waals surface area contributed by atoms with Crippen LogP contribution in [0.5, 0.6) is 5.75 Å². The Morgan fingerprint density at radius 2 is 1.70 bits per heavy atom. The number of aryl methyl sites for hydroxylation is 2. The summed E-state index contributed by atoms with van der Waals surface area (Å²) in [7, 11) is -3.80. The van der Waals surface area contributed by atoms with Gasteiger partial charge in [-0.05, 0) is 67.8 Å². The summed E-state index contributed by atoms with van der Waals surface area (Å²) in [6.45, 7) is 5.40. The van der Waals surface area contributed by atoms with E-state index in [0.717, 1.165) is 33.8 Å². The van der Waals surface area contributed by atoms with Crippen LogP contribution >= 0.6 is 0 Å². The molecule has 0 aromatic heterocycles. The molecular weight excluding hydrogens is 421 g/mol. The number of nitrogens with zero attached hydrogens (tertiary/aromatic N) is 1. The number of ether oxygens (including phenoxy) is 1. The maximum absolute atomic E-state index is 12.8. The first-order chi connectivity index (χ1) is 13.8. The van der Waals surface area contributed by atoms with Crippen molar-refractivity contribution in [2.45, 2.75) is 39.6 Å². The van der Waals surface area contributed by atoms with Crippen LogP contribution in [0.2, 0.25) is 0 Å². The predicted octanol–water partition coefficient (Wildman–Crippen LogP) is 4.39. The SMILES string of the molecule is CC[C@H](C(=O)Nc1ccc(OC(F)(F)F)cc1)N(c1ccc(C)c(C)c1)S(C)(=O)=O. The van der Waals surface area contributed by atoms with Gasteiger partial charge in [0.25, 0.3) is 0 Å². The molecule has 0 saturated carbocycles. The van der Waals surface area contributed by atoms with Crippen molar-refractivity contribution >= 4 is 27.3 Å². The maximum atomic E-state index is 12.8. The topological polar surface area (TPSA) is 75.7 Å². The summed E-state index contributed by atoms with van der Waals surface area (Å²) in [5.74, 6) is -1.04. The monoisotopic (exact) mass is 444 g/mol. The Balaban J connectivity index is 2.28. The number of amides is 1. The lowest BCUT2D eigenvalue weighted by molar-refractivity contribution is -0.274. The molecule has 164 valence electrons. The first kappa shape index (κ1) is 23.5. The second-order valence-electron chi connectivity index (χ2n) is 6.81. The molecule has 1 atom stereocenters. The number of rotatable bonds is 7. The van der Waals surface area contributed by atoms with E-state index < -0.39 is 34.1 Å². The Morgan fingerprint density at radius 1 is 1.10 bits per heavy atom. The zero-order chi connectivity index (χ0) is 22.7. The second-order valence-corrected chi connectivity index (χ2v) is 8.67. The molecule has 0 spiro atoms. The zero-order valence-corrected chi connectivity index (χ0v) is 17.8. The molecule has 0 unspecified atom stereocenters. The fourth-order valence-corrected chi connectivity index (χ4v) is 4.09. The minimum atomic E-state index is -4.82. The van der Waals surface area contributed by atoms with Crippen LogP contribution < -0.4 is 14.4 Å². The molecule has 2 aromatic rings. The third kappa shape index (κ3) is 6.12. The van der Waals surface area contributed by atoms with Gasteiger partial charge in [0, 0.05) is 5.69 Å². The summed E-state index contributed by atoms with van der Waals surface area (Å²) in [6.07, 6.45) is -3.62. The molecule has 30 heavy (non-hydrogen) atoms. The molecule has 0 saturated heterocycles. The summed E-state index contributed by atoms with van der Waals surface area (Å²) in [5, 5.41) is 2.55. The lowest BCUT2D eigenvalue weighted by atomic mass is 10.1. The van der Waals surface area contributed by atoms with E-state index in [4.69, 9.17) is 0 Å². The van der Waals surface area contributed by atoms with Crippen molar-refractivity contribution in [2.24, 2.45) is 0 Å². The molecule has 0 heterocycles.